The van der Waals surface area contributed by atoms with E-state index in [2.05, 4.69) is 4.98 Å². The number of hydrogen-bond donors (Lipinski definition) is 1. The topological polar surface area (TPSA) is 96.8 Å². The molecule has 16 heavy (non-hydrogen) atoms. The summed E-state index contributed by atoms with van der Waals surface area (Å²) in [6.45, 7) is 1.16. The molecular formula is C8H7F2N3O2S. The summed E-state index contributed by atoms with van der Waals surface area (Å²) in [7, 11) is -4.25. The van der Waals surface area contributed by atoms with Crippen LogP contribution >= 0.6 is 0 Å². The highest BCUT2D eigenvalue weighted by Crippen LogP contribution is 2.27. The molecule has 1 heterocycles. The molecule has 1 rings (SSSR count). The van der Waals surface area contributed by atoms with Crippen molar-refractivity contribution in [1.29, 1.82) is 5.26 Å². The molecule has 0 aromatic carbocycles. The predicted molar refractivity (Wildman–Crippen MR) is 50.0 cm³/mol. The summed E-state index contributed by atoms with van der Waals surface area (Å²) in [6.07, 6.45) is -2.10. The minimum absolute atomic E-state index is 0.246. The summed E-state index contributed by atoms with van der Waals surface area (Å²) < 4.78 is 47.2. The van der Waals surface area contributed by atoms with Gasteiger partial charge in [0.2, 0.25) is 10.0 Å². The van der Waals surface area contributed by atoms with E-state index in [0.717, 1.165) is 13.1 Å². The van der Waals surface area contributed by atoms with Crippen molar-refractivity contribution >= 4 is 10.0 Å². The Morgan fingerprint density at radius 3 is 2.50 bits per heavy atom. The first-order chi connectivity index (χ1) is 7.29. The summed E-state index contributed by atoms with van der Waals surface area (Å²) >= 11 is 0. The molecule has 1 aromatic heterocycles. The van der Waals surface area contributed by atoms with E-state index < -0.39 is 32.6 Å². The van der Waals surface area contributed by atoms with Gasteiger partial charge in [0.25, 0.3) is 6.43 Å². The highest BCUT2D eigenvalue weighted by atomic mass is 32.2. The molecule has 0 saturated heterocycles. The Hall–Kier alpha value is -1.59. The molecule has 0 saturated carbocycles. The first kappa shape index (κ1) is 12.5. The summed E-state index contributed by atoms with van der Waals surface area (Å²) in [5.41, 5.74) is -1.28. The average Bonchev–Trinajstić information content (AvgIpc) is 2.14. The molecule has 0 aliphatic rings. The van der Waals surface area contributed by atoms with Gasteiger partial charge in [0.15, 0.2) is 5.69 Å². The smallest absolute Gasteiger partial charge is 0.244 e. The summed E-state index contributed by atoms with van der Waals surface area (Å²) in [6, 6.07) is 1.49. The van der Waals surface area contributed by atoms with Gasteiger partial charge in [-0.3, -0.25) is 0 Å². The van der Waals surface area contributed by atoms with Crippen LogP contribution in [-0.4, -0.2) is 13.4 Å². The second kappa shape index (κ2) is 4.11. The van der Waals surface area contributed by atoms with Crippen LogP contribution in [0, 0.1) is 18.3 Å². The zero-order chi connectivity index (χ0) is 12.5. The van der Waals surface area contributed by atoms with E-state index in [1.54, 1.807) is 0 Å². The maximum absolute atomic E-state index is 12.5. The van der Waals surface area contributed by atoms with Gasteiger partial charge < -0.3 is 0 Å². The van der Waals surface area contributed by atoms with E-state index >= 15 is 0 Å². The Balaban J connectivity index is 3.69. The van der Waals surface area contributed by atoms with Gasteiger partial charge in [-0.2, -0.15) is 5.26 Å². The monoisotopic (exact) mass is 247 g/mol. The van der Waals surface area contributed by atoms with Crippen LogP contribution in [0.25, 0.3) is 0 Å². The Bertz CT molecular complexity index is 563. The number of alkyl halides is 2. The second-order valence-electron chi connectivity index (χ2n) is 2.97. The molecule has 0 bridgehead atoms. The van der Waals surface area contributed by atoms with Crippen molar-refractivity contribution in [2.75, 3.05) is 0 Å². The predicted octanol–water partition coefficient (Wildman–Crippen LogP) is 0.847. The van der Waals surface area contributed by atoms with Crippen molar-refractivity contribution in [2.45, 2.75) is 18.2 Å². The highest BCUT2D eigenvalue weighted by Gasteiger charge is 2.23. The van der Waals surface area contributed by atoms with E-state index in [1.165, 1.54) is 6.07 Å². The van der Waals surface area contributed by atoms with Crippen molar-refractivity contribution in [3.63, 3.8) is 0 Å². The number of halogens is 2. The van der Waals surface area contributed by atoms with Gasteiger partial charge in [-0.15, -0.1) is 0 Å². The van der Waals surface area contributed by atoms with Crippen LogP contribution in [0.3, 0.4) is 0 Å². The summed E-state index contributed by atoms with van der Waals surface area (Å²) in [5, 5.41) is 13.5. The molecule has 0 aliphatic heterocycles. The van der Waals surface area contributed by atoms with Gasteiger partial charge in [0.1, 0.15) is 11.0 Å². The molecule has 0 radical (unpaired) electrons. The normalized spacial score (nSPS) is 11.5. The number of rotatable bonds is 2. The number of sulfonamides is 1. The number of aromatic nitrogens is 1. The van der Waals surface area contributed by atoms with Gasteiger partial charge in [0.05, 0.1) is 0 Å². The third kappa shape index (κ3) is 2.15. The van der Waals surface area contributed by atoms with Crippen molar-refractivity contribution in [3.05, 3.63) is 23.0 Å². The molecule has 0 aliphatic carbocycles. The van der Waals surface area contributed by atoms with Crippen LogP contribution in [0.4, 0.5) is 8.78 Å². The van der Waals surface area contributed by atoms with Gasteiger partial charge in [0, 0.05) is 11.8 Å². The van der Waals surface area contributed by atoms with Gasteiger partial charge >= 0.3 is 0 Å². The third-order valence-corrected chi connectivity index (χ3v) is 3.02. The minimum Gasteiger partial charge on any atom is -0.244 e. The lowest BCUT2D eigenvalue weighted by molar-refractivity contribution is 0.150. The van der Waals surface area contributed by atoms with E-state index in [1.807, 2.05) is 0 Å². The zero-order valence-electron chi connectivity index (χ0n) is 8.11. The Morgan fingerprint density at radius 1 is 1.56 bits per heavy atom. The van der Waals surface area contributed by atoms with Crippen molar-refractivity contribution < 1.29 is 17.2 Å². The van der Waals surface area contributed by atoms with Gasteiger partial charge in [-0.05, 0) is 12.5 Å². The average molecular weight is 247 g/mol. The minimum atomic E-state index is -4.25. The highest BCUT2D eigenvalue weighted by molar-refractivity contribution is 7.89. The van der Waals surface area contributed by atoms with Crippen molar-refractivity contribution in [1.82, 2.24) is 4.98 Å². The lowest BCUT2D eigenvalue weighted by Gasteiger charge is -2.09. The number of hydrogen-bond acceptors (Lipinski definition) is 4. The van der Waals surface area contributed by atoms with E-state index in [9.17, 15) is 17.2 Å². The van der Waals surface area contributed by atoms with Crippen LogP contribution < -0.4 is 5.14 Å². The number of pyridine rings is 1. The van der Waals surface area contributed by atoms with Crippen molar-refractivity contribution in [2.24, 2.45) is 5.14 Å². The molecule has 0 unspecified atom stereocenters. The molecular weight excluding hydrogens is 240 g/mol. The number of nitrogens with zero attached hydrogens (tertiary/aromatic N) is 2. The van der Waals surface area contributed by atoms with E-state index in [-0.39, 0.29) is 5.56 Å². The maximum Gasteiger partial charge on any atom is 0.265 e. The molecule has 0 spiro atoms. The first-order valence-corrected chi connectivity index (χ1v) is 5.54. The Morgan fingerprint density at radius 2 is 2.12 bits per heavy atom. The molecule has 8 heteroatoms. The van der Waals surface area contributed by atoms with Gasteiger partial charge in [-0.25, -0.2) is 27.3 Å². The van der Waals surface area contributed by atoms with Crippen LogP contribution in [0.5, 0.6) is 0 Å². The fraction of sp³-hybridized carbons (Fsp3) is 0.250. The van der Waals surface area contributed by atoms with Crippen molar-refractivity contribution in [3.8, 4) is 6.07 Å². The molecule has 1 aromatic rings. The standard InChI is InChI=1S/C8H7F2N3O2S/c1-4-5(8(9)10)3-13-6(2-11)7(4)16(12,14)15/h3,8H,1H3,(H2,12,14,15). The van der Waals surface area contributed by atoms with Crippen LogP contribution in [-0.2, 0) is 10.0 Å². The number of primary sulfonamides is 1. The number of nitrogens with two attached hydrogens (primary N) is 1. The molecule has 0 fully saturated rings. The SMILES string of the molecule is Cc1c(C(F)F)cnc(C#N)c1S(N)(=O)=O. The molecule has 0 amide bonds. The molecule has 86 valence electrons. The maximum atomic E-state index is 12.5. The van der Waals surface area contributed by atoms with Gasteiger partial charge in [-0.1, -0.05) is 0 Å². The fourth-order valence-electron chi connectivity index (χ4n) is 1.25. The van der Waals surface area contributed by atoms with E-state index in [0.29, 0.717) is 0 Å². The van der Waals surface area contributed by atoms with E-state index in [4.69, 9.17) is 10.4 Å². The molecule has 2 N–H and O–H groups in total. The summed E-state index contributed by atoms with van der Waals surface area (Å²) in [5.74, 6) is 0. The zero-order valence-corrected chi connectivity index (χ0v) is 8.92. The molecule has 0 atom stereocenters. The summed E-state index contributed by atoms with van der Waals surface area (Å²) in [4.78, 5) is 2.70. The molecule has 5 nitrogen and oxygen atoms in total. The largest absolute Gasteiger partial charge is 0.265 e. The van der Waals surface area contributed by atoms with Crippen LogP contribution in [0.15, 0.2) is 11.1 Å². The second-order valence-corrected chi connectivity index (χ2v) is 4.47. The Labute approximate surface area is 90.6 Å². The van der Waals surface area contributed by atoms with Crippen LogP contribution in [0.1, 0.15) is 23.2 Å². The Kier molecular flexibility index (Phi) is 3.21. The first-order valence-electron chi connectivity index (χ1n) is 3.99. The lowest BCUT2D eigenvalue weighted by Crippen LogP contribution is -2.17. The van der Waals surface area contributed by atoms with Crippen LogP contribution in [0.2, 0.25) is 0 Å². The lowest BCUT2D eigenvalue weighted by atomic mass is 10.1. The third-order valence-electron chi connectivity index (χ3n) is 1.95. The quantitative estimate of drug-likeness (QED) is 0.837. The number of nitriles is 1. The fourth-order valence-corrected chi connectivity index (χ4v) is 2.16.